The number of rotatable bonds is 5. The number of aliphatic imine (C=N–C) groups is 1. The van der Waals surface area contributed by atoms with Gasteiger partial charge in [-0.1, -0.05) is 17.7 Å². The molecule has 120 valence electrons. The van der Waals surface area contributed by atoms with E-state index in [0.29, 0.717) is 18.7 Å². The second-order valence-corrected chi connectivity index (χ2v) is 5.56. The number of benzene rings is 1. The molecule has 5 nitrogen and oxygen atoms in total. The Morgan fingerprint density at radius 3 is 2.73 bits per heavy atom. The molecule has 0 spiro atoms. The molecule has 2 rings (SSSR count). The van der Waals surface area contributed by atoms with E-state index in [2.05, 4.69) is 27.4 Å². The molecule has 0 unspecified atom stereocenters. The van der Waals surface area contributed by atoms with Crippen LogP contribution < -0.4 is 10.6 Å². The van der Waals surface area contributed by atoms with Crippen LogP contribution in [0.4, 0.5) is 0 Å². The molecule has 0 atom stereocenters. The molecule has 0 aromatic heterocycles. The van der Waals surface area contributed by atoms with E-state index in [0.717, 1.165) is 31.2 Å². The van der Waals surface area contributed by atoms with E-state index in [-0.39, 0.29) is 5.91 Å². The molecule has 5 heteroatoms. The monoisotopic (exact) mass is 302 g/mol. The van der Waals surface area contributed by atoms with Gasteiger partial charge in [0.15, 0.2) is 5.96 Å². The molecule has 0 bridgehead atoms. The third-order valence-corrected chi connectivity index (χ3v) is 3.68. The Bertz CT molecular complexity index is 521. The lowest BCUT2D eigenvalue weighted by Gasteiger charge is -2.20. The van der Waals surface area contributed by atoms with Gasteiger partial charge < -0.3 is 15.5 Å². The van der Waals surface area contributed by atoms with Crippen LogP contribution in [0.25, 0.3) is 0 Å². The Labute approximate surface area is 132 Å². The zero-order valence-electron chi connectivity index (χ0n) is 13.6. The van der Waals surface area contributed by atoms with Gasteiger partial charge in [0.25, 0.3) is 5.91 Å². The average molecular weight is 302 g/mol. The fourth-order valence-electron chi connectivity index (χ4n) is 2.57. The minimum Gasteiger partial charge on any atom is -0.357 e. The number of aryl methyl sites for hydroxylation is 1. The van der Waals surface area contributed by atoms with E-state index in [1.807, 2.05) is 31.2 Å². The third kappa shape index (κ3) is 4.76. The van der Waals surface area contributed by atoms with Crippen molar-refractivity contribution in [3.05, 3.63) is 35.4 Å². The average Bonchev–Trinajstić information content (AvgIpc) is 3.04. The summed E-state index contributed by atoms with van der Waals surface area (Å²) in [6.07, 6.45) is 2.46. The van der Waals surface area contributed by atoms with E-state index >= 15 is 0 Å². The van der Waals surface area contributed by atoms with Gasteiger partial charge in [-0.25, -0.2) is 0 Å². The smallest absolute Gasteiger partial charge is 0.251 e. The molecule has 2 N–H and O–H groups in total. The summed E-state index contributed by atoms with van der Waals surface area (Å²) in [4.78, 5) is 18.9. The van der Waals surface area contributed by atoms with Crippen LogP contribution in [0.5, 0.6) is 0 Å². The molecule has 1 heterocycles. The number of nitrogens with zero attached hydrogens (tertiary/aromatic N) is 2. The Kier molecular flexibility index (Phi) is 6.25. The van der Waals surface area contributed by atoms with Crippen molar-refractivity contribution >= 4 is 11.9 Å². The number of nitrogens with one attached hydrogen (secondary N) is 2. The van der Waals surface area contributed by atoms with Crippen molar-refractivity contribution in [3.63, 3.8) is 0 Å². The lowest BCUT2D eigenvalue weighted by Crippen LogP contribution is -2.40. The molecule has 1 aliphatic rings. The maximum Gasteiger partial charge on any atom is 0.251 e. The molecule has 1 amide bonds. The van der Waals surface area contributed by atoms with Crippen molar-refractivity contribution in [1.82, 2.24) is 15.5 Å². The first-order chi connectivity index (χ1) is 10.7. The first-order valence-corrected chi connectivity index (χ1v) is 8.09. The van der Waals surface area contributed by atoms with Crippen LogP contribution in [0.1, 0.15) is 35.7 Å². The molecule has 22 heavy (non-hydrogen) atoms. The summed E-state index contributed by atoms with van der Waals surface area (Å²) in [6.45, 7) is 8.21. The predicted octanol–water partition coefficient (Wildman–Crippen LogP) is 1.79. The molecule has 0 aliphatic carbocycles. The lowest BCUT2D eigenvalue weighted by atomic mass is 10.1. The summed E-state index contributed by atoms with van der Waals surface area (Å²) >= 11 is 0. The quantitative estimate of drug-likeness (QED) is 0.495. The van der Waals surface area contributed by atoms with Gasteiger partial charge in [0, 0.05) is 31.7 Å². The molecular weight excluding hydrogens is 276 g/mol. The first kappa shape index (κ1) is 16.3. The van der Waals surface area contributed by atoms with Crippen LogP contribution >= 0.6 is 0 Å². The van der Waals surface area contributed by atoms with E-state index in [4.69, 9.17) is 0 Å². The number of guanidine groups is 1. The number of carbonyl (C=O) groups excluding carboxylic acids is 1. The maximum absolute atomic E-state index is 12.0. The van der Waals surface area contributed by atoms with Crippen LogP contribution in [0.3, 0.4) is 0 Å². The van der Waals surface area contributed by atoms with Crippen LogP contribution in [0, 0.1) is 6.92 Å². The second kappa shape index (κ2) is 8.41. The molecule has 0 saturated carbocycles. The minimum atomic E-state index is -0.0370. The number of amides is 1. The van der Waals surface area contributed by atoms with Crippen molar-refractivity contribution in [2.75, 3.05) is 32.7 Å². The van der Waals surface area contributed by atoms with E-state index in [1.54, 1.807) is 0 Å². The minimum absolute atomic E-state index is 0.0370. The van der Waals surface area contributed by atoms with Gasteiger partial charge in [0.1, 0.15) is 0 Å². The zero-order chi connectivity index (χ0) is 15.8. The summed E-state index contributed by atoms with van der Waals surface area (Å²) in [6, 6.07) is 7.62. The molecule has 1 saturated heterocycles. The second-order valence-electron chi connectivity index (χ2n) is 5.56. The van der Waals surface area contributed by atoms with E-state index < -0.39 is 0 Å². The van der Waals surface area contributed by atoms with Crippen molar-refractivity contribution in [3.8, 4) is 0 Å². The van der Waals surface area contributed by atoms with Crippen LogP contribution in [0.15, 0.2) is 29.3 Å². The fraction of sp³-hybridized carbons (Fsp3) is 0.529. The fourth-order valence-corrected chi connectivity index (χ4v) is 2.57. The summed E-state index contributed by atoms with van der Waals surface area (Å²) in [5.74, 6) is 0.926. The predicted molar refractivity (Wildman–Crippen MR) is 90.3 cm³/mol. The highest BCUT2D eigenvalue weighted by molar-refractivity contribution is 5.94. The van der Waals surface area contributed by atoms with Crippen molar-refractivity contribution < 1.29 is 4.79 Å². The van der Waals surface area contributed by atoms with Gasteiger partial charge >= 0.3 is 0 Å². The molecule has 1 aliphatic heterocycles. The first-order valence-electron chi connectivity index (χ1n) is 8.09. The summed E-state index contributed by atoms with van der Waals surface area (Å²) in [7, 11) is 0. The Hall–Kier alpha value is -2.04. The molecule has 0 radical (unpaired) electrons. The maximum atomic E-state index is 12.0. The molecule has 1 fully saturated rings. The number of carbonyl (C=O) groups is 1. The Morgan fingerprint density at radius 2 is 2.05 bits per heavy atom. The number of hydrogen-bond acceptors (Lipinski definition) is 2. The third-order valence-electron chi connectivity index (χ3n) is 3.68. The molecule has 1 aromatic carbocycles. The number of likely N-dealkylation sites (tertiary alicyclic amines) is 1. The van der Waals surface area contributed by atoms with E-state index in [9.17, 15) is 4.79 Å². The van der Waals surface area contributed by atoms with Crippen LogP contribution in [-0.4, -0.2) is 49.5 Å². The Balaban J connectivity index is 1.81. The zero-order valence-corrected chi connectivity index (χ0v) is 13.6. The molecular formula is C17H26N4O. The van der Waals surface area contributed by atoms with Crippen molar-refractivity contribution in [2.24, 2.45) is 4.99 Å². The number of hydrogen-bond donors (Lipinski definition) is 2. The van der Waals surface area contributed by atoms with Gasteiger partial charge in [-0.05, 0) is 38.8 Å². The SMILES string of the molecule is CCNC(=NCCNC(=O)c1cccc(C)c1)N1CCCC1. The van der Waals surface area contributed by atoms with Gasteiger partial charge in [-0.2, -0.15) is 0 Å². The summed E-state index contributed by atoms with van der Waals surface area (Å²) < 4.78 is 0. The topological polar surface area (TPSA) is 56.7 Å². The largest absolute Gasteiger partial charge is 0.357 e. The normalized spacial score (nSPS) is 15.0. The highest BCUT2D eigenvalue weighted by atomic mass is 16.1. The highest BCUT2D eigenvalue weighted by Gasteiger charge is 2.15. The van der Waals surface area contributed by atoms with Gasteiger partial charge in [-0.15, -0.1) is 0 Å². The van der Waals surface area contributed by atoms with Gasteiger partial charge in [-0.3, -0.25) is 9.79 Å². The summed E-state index contributed by atoms with van der Waals surface area (Å²) in [5, 5.41) is 6.24. The molecule has 1 aromatic rings. The van der Waals surface area contributed by atoms with Gasteiger partial charge in [0.05, 0.1) is 6.54 Å². The summed E-state index contributed by atoms with van der Waals surface area (Å²) in [5.41, 5.74) is 1.80. The van der Waals surface area contributed by atoms with Crippen LogP contribution in [0.2, 0.25) is 0 Å². The van der Waals surface area contributed by atoms with Crippen molar-refractivity contribution in [2.45, 2.75) is 26.7 Å². The lowest BCUT2D eigenvalue weighted by molar-refractivity contribution is 0.0954. The highest BCUT2D eigenvalue weighted by Crippen LogP contribution is 2.07. The van der Waals surface area contributed by atoms with Crippen LogP contribution in [-0.2, 0) is 0 Å². The Morgan fingerprint density at radius 1 is 1.27 bits per heavy atom. The van der Waals surface area contributed by atoms with Gasteiger partial charge in [0.2, 0.25) is 0 Å². The van der Waals surface area contributed by atoms with Crippen molar-refractivity contribution in [1.29, 1.82) is 0 Å². The standard InChI is InChI=1S/C17H26N4O/c1-3-18-17(21-11-4-5-12-21)20-10-9-19-16(22)15-8-6-7-14(2)13-15/h6-8,13H,3-5,9-12H2,1-2H3,(H,18,20)(H,19,22). The van der Waals surface area contributed by atoms with E-state index in [1.165, 1.54) is 12.8 Å².